The first-order chi connectivity index (χ1) is 8.47. The third-order valence-electron chi connectivity index (χ3n) is 2.92. The van der Waals surface area contributed by atoms with Crippen LogP contribution in [0.15, 0.2) is 18.3 Å². The second-order valence-corrected chi connectivity index (χ2v) is 7.77. The molecular formula is C11H17N3O2S2. The number of nitrogens with zero attached hydrogens (tertiary/aromatic N) is 2. The first-order valence-corrected chi connectivity index (χ1v) is 8.79. The third-order valence-corrected chi connectivity index (χ3v) is 5.60. The van der Waals surface area contributed by atoms with Crippen molar-refractivity contribution in [2.75, 3.05) is 30.0 Å². The molecule has 1 atom stereocenters. The predicted octanol–water partition coefficient (Wildman–Crippen LogP) is 0.583. The Kier molecular flexibility index (Phi) is 4.14. The Morgan fingerprint density at radius 1 is 1.61 bits per heavy atom. The molecule has 7 heteroatoms. The van der Waals surface area contributed by atoms with Gasteiger partial charge in [-0.3, -0.25) is 4.90 Å². The van der Waals surface area contributed by atoms with E-state index < -0.39 is 15.2 Å². The topological polar surface area (TPSA) is 76.3 Å². The summed E-state index contributed by atoms with van der Waals surface area (Å²) in [7, 11) is -3.05. The average molecular weight is 287 g/mol. The molecule has 18 heavy (non-hydrogen) atoms. The van der Waals surface area contributed by atoms with Gasteiger partial charge in [0.15, 0.2) is 9.84 Å². The summed E-state index contributed by atoms with van der Waals surface area (Å²) in [5.41, 5.74) is 6.63. The molecule has 1 fully saturated rings. The number of thioether (sulfide) groups is 1. The molecule has 0 aromatic carbocycles. The first kappa shape index (κ1) is 13.6. The maximum absolute atomic E-state index is 11.8. The van der Waals surface area contributed by atoms with Gasteiger partial charge in [0, 0.05) is 37.0 Å². The van der Waals surface area contributed by atoms with Gasteiger partial charge in [-0.15, -0.1) is 0 Å². The Balaban J connectivity index is 2.15. The number of rotatable bonds is 3. The Bertz CT molecular complexity index is 519. The minimum Gasteiger partial charge on any atom is -0.384 e. The van der Waals surface area contributed by atoms with Gasteiger partial charge >= 0.3 is 0 Å². The number of pyridine rings is 1. The van der Waals surface area contributed by atoms with Gasteiger partial charge in [-0.05, 0) is 17.7 Å². The van der Waals surface area contributed by atoms with E-state index in [1.54, 1.807) is 24.0 Å². The summed E-state index contributed by atoms with van der Waals surface area (Å²) < 4.78 is 23.5. The second-order valence-electron chi connectivity index (χ2n) is 4.42. The van der Waals surface area contributed by atoms with Crippen LogP contribution in [0.2, 0.25) is 0 Å². The Morgan fingerprint density at radius 2 is 2.39 bits per heavy atom. The molecule has 1 aromatic heterocycles. The van der Waals surface area contributed by atoms with Crippen molar-refractivity contribution in [1.29, 1.82) is 0 Å². The molecule has 0 radical (unpaired) electrons. The number of sulfone groups is 1. The van der Waals surface area contributed by atoms with Crippen LogP contribution >= 0.6 is 11.8 Å². The van der Waals surface area contributed by atoms with E-state index in [4.69, 9.17) is 5.73 Å². The molecule has 0 aliphatic carbocycles. The molecule has 0 bridgehead atoms. The summed E-state index contributed by atoms with van der Waals surface area (Å²) in [6.45, 7) is 1.38. The summed E-state index contributed by atoms with van der Waals surface area (Å²) >= 11 is 1.69. The highest BCUT2D eigenvalue weighted by molar-refractivity contribution is 8.00. The molecule has 2 N–H and O–H groups in total. The van der Waals surface area contributed by atoms with Crippen LogP contribution in [-0.4, -0.2) is 48.0 Å². The molecule has 100 valence electrons. The Morgan fingerprint density at radius 3 is 3.06 bits per heavy atom. The third kappa shape index (κ3) is 3.37. The van der Waals surface area contributed by atoms with Gasteiger partial charge < -0.3 is 5.73 Å². The zero-order valence-electron chi connectivity index (χ0n) is 10.2. The fourth-order valence-corrected chi connectivity index (χ4v) is 4.96. The smallest absolute Gasteiger partial charge is 0.164 e. The predicted molar refractivity (Wildman–Crippen MR) is 75.0 cm³/mol. The molecule has 0 amide bonds. The summed E-state index contributed by atoms with van der Waals surface area (Å²) in [6.07, 6.45) is 2.95. The maximum atomic E-state index is 11.8. The molecule has 0 saturated carbocycles. The van der Waals surface area contributed by atoms with E-state index in [2.05, 4.69) is 4.98 Å². The molecular weight excluding hydrogens is 270 g/mol. The van der Waals surface area contributed by atoms with Crippen molar-refractivity contribution in [3.8, 4) is 0 Å². The van der Waals surface area contributed by atoms with Crippen LogP contribution in [0.3, 0.4) is 0 Å². The standard InChI is InChI=1S/C11H17N3O2S2/c1-18(15,16)11-8-17-5-4-14(11)7-9-2-3-13-10(12)6-9/h2-3,6,11H,4-5,7-8H2,1H3,(H2,12,13). The number of nitrogen functional groups attached to an aromatic ring is 1. The summed E-state index contributed by atoms with van der Waals surface area (Å²) in [6, 6.07) is 3.67. The largest absolute Gasteiger partial charge is 0.384 e. The van der Waals surface area contributed by atoms with Crippen molar-refractivity contribution >= 4 is 27.4 Å². The SMILES string of the molecule is CS(=O)(=O)C1CSCCN1Cc1ccnc(N)c1. The van der Waals surface area contributed by atoms with Crippen LogP contribution in [0.4, 0.5) is 5.82 Å². The molecule has 1 unspecified atom stereocenters. The molecule has 1 aliphatic heterocycles. The van der Waals surface area contributed by atoms with Gasteiger partial charge in [0.1, 0.15) is 11.2 Å². The molecule has 2 rings (SSSR count). The van der Waals surface area contributed by atoms with E-state index >= 15 is 0 Å². The van der Waals surface area contributed by atoms with E-state index in [9.17, 15) is 8.42 Å². The van der Waals surface area contributed by atoms with Gasteiger partial charge in [-0.25, -0.2) is 13.4 Å². The van der Waals surface area contributed by atoms with E-state index in [0.29, 0.717) is 18.1 Å². The number of anilines is 1. The number of hydrogen-bond donors (Lipinski definition) is 1. The number of nitrogens with two attached hydrogens (primary N) is 1. The van der Waals surface area contributed by atoms with E-state index in [1.807, 2.05) is 11.0 Å². The quantitative estimate of drug-likeness (QED) is 0.876. The zero-order chi connectivity index (χ0) is 13.2. The molecule has 1 aromatic rings. The van der Waals surface area contributed by atoms with Gasteiger partial charge in [0.25, 0.3) is 0 Å². The van der Waals surface area contributed by atoms with Crippen molar-refractivity contribution in [2.45, 2.75) is 11.9 Å². The highest BCUT2D eigenvalue weighted by atomic mass is 32.2. The lowest BCUT2D eigenvalue weighted by atomic mass is 10.2. The van der Waals surface area contributed by atoms with E-state index in [-0.39, 0.29) is 0 Å². The van der Waals surface area contributed by atoms with Crippen LogP contribution in [0, 0.1) is 0 Å². The lowest BCUT2D eigenvalue weighted by Crippen LogP contribution is -2.46. The summed E-state index contributed by atoms with van der Waals surface area (Å²) in [4.78, 5) is 5.94. The molecule has 0 spiro atoms. The van der Waals surface area contributed by atoms with Crippen LogP contribution < -0.4 is 5.73 Å². The average Bonchev–Trinajstić information content (AvgIpc) is 2.28. The van der Waals surface area contributed by atoms with Crippen molar-refractivity contribution in [3.05, 3.63) is 23.9 Å². The van der Waals surface area contributed by atoms with Gasteiger partial charge in [0.05, 0.1) is 0 Å². The minimum absolute atomic E-state index is 0.398. The minimum atomic E-state index is -3.05. The van der Waals surface area contributed by atoms with Crippen molar-refractivity contribution in [1.82, 2.24) is 9.88 Å². The summed E-state index contributed by atoms with van der Waals surface area (Å²) in [5, 5.41) is -0.398. The Labute approximate surface area is 112 Å². The first-order valence-electron chi connectivity index (χ1n) is 5.68. The van der Waals surface area contributed by atoms with Crippen LogP contribution in [0.25, 0.3) is 0 Å². The van der Waals surface area contributed by atoms with Crippen LogP contribution in [0.1, 0.15) is 5.56 Å². The van der Waals surface area contributed by atoms with E-state index in [0.717, 1.165) is 17.9 Å². The molecule has 1 aliphatic rings. The summed E-state index contributed by atoms with van der Waals surface area (Å²) in [5.74, 6) is 2.07. The molecule has 1 saturated heterocycles. The lowest BCUT2D eigenvalue weighted by Gasteiger charge is -2.33. The Hall–Kier alpha value is -0.790. The molecule has 2 heterocycles. The fourth-order valence-electron chi connectivity index (χ4n) is 2.02. The van der Waals surface area contributed by atoms with Gasteiger partial charge in [0.2, 0.25) is 0 Å². The highest BCUT2D eigenvalue weighted by Crippen LogP contribution is 2.22. The van der Waals surface area contributed by atoms with Gasteiger partial charge in [-0.2, -0.15) is 11.8 Å². The number of hydrogen-bond acceptors (Lipinski definition) is 6. The van der Waals surface area contributed by atoms with Crippen LogP contribution in [-0.2, 0) is 16.4 Å². The van der Waals surface area contributed by atoms with E-state index in [1.165, 1.54) is 6.26 Å². The van der Waals surface area contributed by atoms with Crippen molar-refractivity contribution in [2.24, 2.45) is 0 Å². The van der Waals surface area contributed by atoms with Gasteiger partial charge in [-0.1, -0.05) is 0 Å². The monoisotopic (exact) mass is 287 g/mol. The fraction of sp³-hybridized carbons (Fsp3) is 0.545. The highest BCUT2D eigenvalue weighted by Gasteiger charge is 2.30. The van der Waals surface area contributed by atoms with Crippen molar-refractivity contribution in [3.63, 3.8) is 0 Å². The second kappa shape index (κ2) is 5.46. The zero-order valence-corrected chi connectivity index (χ0v) is 11.9. The maximum Gasteiger partial charge on any atom is 0.164 e. The van der Waals surface area contributed by atoms with Crippen molar-refractivity contribution < 1.29 is 8.42 Å². The lowest BCUT2D eigenvalue weighted by molar-refractivity contribution is 0.262. The normalized spacial score (nSPS) is 21.9. The van der Waals surface area contributed by atoms with Crippen LogP contribution in [0.5, 0.6) is 0 Å². The molecule has 5 nitrogen and oxygen atoms in total. The number of aromatic nitrogens is 1.